The van der Waals surface area contributed by atoms with Gasteiger partial charge < -0.3 is 16.3 Å². The van der Waals surface area contributed by atoms with Crippen molar-refractivity contribution in [2.75, 3.05) is 5.32 Å². The lowest BCUT2D eigenvalue weighted by molar-refractivity contribution is 0.0697. The van der Waals surface area contributed by atoms with Gasteiger partial charge in [-0.15, -0.1) is 0 Å². The molecule has 30 heavy (non-hydrogen) atoms. The predicted molar refractivity (Wildman–Crippen MR) is 105 cm³/mol. The minimum Gasteiger partial charge on any atom is -0.478 e. The Hall–Kier alpha value is -4.12. The topological polar surface area (TPSA) is 152 Å². The number of aromatic carboxylic acids is 1. The highest BCUT2D eigenvalue weighted by Crippen LogP contribution is 2.26. The van der Waals surface area contributed by atoms with Crippen LogP contribution in [0.25, 0.3) is 11.3 Å². The van der Waals surface area contributed by atoms with Crippen molar-refractivity contribution < 1.29 is 18.9 Å². The number of nitrogens with zero attached hydrogens (tertiary/aromatic N) is 5. The number of aromatic nitrogens is 4. The fourth-order valence-corrected chi connectivity index (χ4v) is 2.85. The van der Waals surface area contributed by atoms with Crippen molar-refractivity contribution >= 4 is 46.1 Å². The monoisotopic (exact) mass is 427 g/mol. The van der Waals surface area contributed by atoms with Gasteiger partial charge in [0.15, 0.2) is 5.82 Å². The Morgan fingerprint density at radius 1 is 1.13 bits per heavy atom. The maximum Gasteiger partial charge on any atom is 0.335 e. The molecule has 4 N–H and O–H groups in total. The molecular weight excluding hydrogens is 417 g/mol. The fraction of sp³-hybridized carbons (Fsp3) is 0. The molecule has 0 saturated heterocycles. The number of rotatable bonds is 5. The highest BCUT2D eigenvalue weighted by Gasteiger charge is 2.20. The fourth-order valence-electron chi connectivity index (χ4n) is 2.67. The number of hydrogen-bond donors (Lipinski definition) is 3. The van der Waals surface area contributed by atoms with Gasteiger partial charge in [-0.2, -0.15) is 5.10 Å². The summed E-state index contributed by atoms with van der Waals surface area (Å²) in [5, 5.41) is 23.2. The SMILES string of the molecule is NN=C(c1cccc(C(=O)O)c1)c1nc2nonc2nc1Nc1ccc(F)c(Cl)c1. The normalized spacial score (nSPS) is 11.6. The molecule has 12 heteroatoms. The Labute approximate surface area is 172 Å². The quantitative estimate of drug-likeness (QED) is 0.248. The third kappa shape index (κ3) is 3.61. The van der Waals surface area contributed by atoms with E-state index in [1.165, 1.54) is 30.3 Å². The summed E-state index contributed by atoms with van der Waals surface area (Å²) in [4.78, 5) is 20.0. The van der Waals surface area contributed by atoms with Crippen LogP contribution in [-0.4, -0.2) is 37.1 Å². The maximum absolute atomic E-state index is 13.5. The van der Waals surface area contributed by atoms with Crippen LogP contribution in [0.15, 0.2) is 52.2 Å². The van der Waals surface area contributed by atoms with E-state index in [0.717, 1.165) is 0 Å². The molecule has 4 rings (SSSR count). The highest BCUT2D eigenvalue weighted by molar-refractivity contribution is 6.31. The first-order valence-corrected chi connectivity index (χ1v) is 8.68. The zero-order valence-electron chi connectivity index (χ0n) is 14.9. The summed E-state index contributed by atoms with van der Waals surface area (Å²) >= 11 is 5.84. The molecule has 0 aliphatic carbocycles. The Morgan fingerprint density at radius 3 is 2.57 bits per heavy atom. The van der Waals surface area contributed by atoms with Gasteiger partial charge in [0.05, 0.1) is 10.6 Å². The molecule has 0 fully saturated rings. The third-order valence-electron chi connectivity index (χ3n) is 4.03. The van der Waals surface area contributed by atoms with Gasteiger partial charge in [-0.3, -0.25) is 0 Å². The average Bonchev–Trinajstić information content (AvgIpc) is 3.19. The van der Waals surface area contributed by atoms with Crippen LogP contribution < -0.4 is 11.2 Å². The number of carboxylic acid groups (broad SMARTS) is 1. The number of fused-ring (bicyclic) bond motifs is 1. The molecule has 0 aliphatic heterocycles. The van der Waals surface area contributed by atoms with Crippen molar-refractivity contribution in [3.63, 3.8) is 0 Å². The number of nitrogens with one attached hydrogen (secondary N) is 1. The number of hydrazone groups is 1. The predicted octanol–water partition coefficient (Wildman–Crippen LogP) is 2.96. The molecule has 0 atom stereocenters. The first-order chi connectivity index (χ1) is 14.5. The molecule has 2 heterocycles. The van der Waals surface area contributed by atoms with Gasteiger partial charge in [0, 0.05) is 11.3 Å². The van der Waals surface area contributed by atoms with Gasteiger partial charge in [-0.1, -0.05) is 23.7 Å². The van der Waals surface area contributed by atoms with Crippen LogP contribution in [0.3, 0.4) is 0 Å². The Balaban J connectivity index is 1.85. The minimum absolute atomic E-state index is 0.0330. The van der Waals surface area contributed by atoms with Crippen LogP contribution in [-0.2, 0) is 0 Å². The summed E-state index contributed by atoms with van der Waals surface area (Å²) < 4.78 is 18.1. The van der Waals surface area contributed by atoms with E-state index in [-0.39, 0.29) is 39.1 Å². The third-order valence-corrected chi connectivity index (χ3v) is 4.32. The van der Waals surface area contributed by atoms with Crippen molar-refractivity contribution in [3.8, 4) is 0 Å². The molecule has 0 aliphatic rings. The number of benzene rings is 2. The van der Waals surface area contributed by atoms with E-state index in [1.807, 2.05) is 0 Å². The lowest BCUT2D eigenvalue weighted by atomic mass is 10.0. The largest absolute Gasteiger partial charge is 0.478 e. The summed E-state index contributed by atoms with van der Waals surface area (Å²) in [5.41, 5.74) is 1.28. The van der Waals surface area contributed by atoms with Crippen LogP contribution in [0.1, 0.15) is 21.6 Å². The number of carbonyl (C=O) groups is 1. The standard InChI is InChI=1S/C18H11ClFN7O3/c19-11-7-10(4-5-12(11)20)22-15-14(23-16-17(24-15)27-30-26-16)13(25-21)8-2-1-3-9(6-8)18(28)29/h1-7H,21H2,(H,28,29)(H,22,24,27). The van der Waals surface area contributed by atoms with E-state index >= 15 is 0 Å². The summed E-state index contributed by atoms with van der Waals surface area (Å²) in [6.07, 6.45) is 0. The van der Waals surface area contributed by atoms with E-state index in [2.05, 4.69) is 35.3 Å². The molecule has 2 aromatic heterocycles. The van der Waals surface area contributed by atoms with Crippen LogP contribution in [0.4, 0.5) is 15.9 Å². The second-order valence-corrected chi connectivity index (χ2v) is 6.36. The lowest BCUT2D eigenvalue weighted by Gasteiger charge is -2.12. The molecule has 10 nitrogen and oxygen atoms in total. The van der Waals surface area contributed by atoms with E-state index in [0.29, 0.717) is 11.3 Å². The van der Waals surface area contributed by atoms with Gasteiger partial charge in [0.2, 0.25) is 11.3 Å². The molecule has 0 radical (unpaired) electrons. The molecule has 0 saturated carbocycles. The van der Waals surface area contributed by atoms with Gasteiger partial charge in [-0.25, -0.2) is 23.8 Å². The first-order valence-electron chi connectivity index (χ1n) is 8.30. The van der Waals surface area contributed by atoms with Crippen LogP contribution in [0.2, 0.25) is 5.02 Å². The molecule has 0 spiro atoms. The van der Waals surface area contributed by atoms with Crippen LogP contribution in [0.5, 0.6) is 0 Å². The Kier molecular flexibility index (Phi) is 4.94. The summed E-state index contributed by atoms with van der Waals surface area (Å²) in [5.74, 6) is 4.05. The smallest absolute Gasteiger partial charge is 0.335 e. The highest BCUT2D eigenvalue weighted by atomic mass is 35.5. The zero-order chi connectivity index (χ0) is 21.3. The second-order valence-electron chi connectivity index (χ2n) is 5.95. The Bertz CT molecular complexity index is 1310. The maximum atomic E-state index is 13.5. The lowest BCUT2D eigenvalue weighted by Crippen LogP contribution is -2.14. The van der Waals surface area contributed by atoms with Gasteiger partial charge in [0.1, 0.15) is 17.2 Å². The molecular formula is C18H11ClFN7O3. The molecule has 0 unspecified atom stereocenters. The molecule has 4 aromatic rings. The van der Waals surface area contributed by atoms with Crippen LogP contribution in [0, 0.1) is 5.82 Å². The molecule has 0 amide bonds. The number of nitrogens with two attached hydrogens (primary N) is 1. The summed E-state index contributed by atoms with van der Waals surface area (Å²) in [7, 11) is 0. The number of hydrogen-bond acceptors (Lipinski definition) is 9. The van der Waals surface area contributed by atoms with Gasteiger partial charge >= 0.3 is 5.97 Å². The molecule has 150 valence electrons. The number of anilines is 2. The zero-order valence-corrected chi connectivity index (χ0v) is 15.6. The van der Waals surface area contributed by atoms with Crippen molar-refractivity contribution in [1.29, 1.82) is 0 Å². The minimum atomic E-state index is -1.12. The second kappa shape index (κ2) is 7.72. The first kappa shape index (κ1) is 19.2. The van der Waals surface area contributed by atoms with Crippen molar-refractivity contribution in [2.45, 2.75) is 0 Å². The van der Waals surface area contributed by atoms with Gasteiger partial charge in [-0.05, 0) is 40.6 Å². The van der Waals surface area contributed by atoms with E-state index in [4.69, 9.17) is 17.4 Å². The van der Waals surface area contributed by atoms with Crippen molar-refractivity contribution in [2.24, 2.45) is 10.9 Å². The van der Waals surface area contributed by atoms with Crippen LogP contribution >= 0.6 is 11.6 Å². The Morgan fingerprint density at radius 2 is 1.87 bits per heavy atom. The van der Waals surface area contributed by atoms with E-state index in [1.54, 1.807) is 12.1 Å². The van der Waals surface area contributed by atoms with Crippen molar-refractivity contribution in [3.05, 3.63) is 70.1 Å². The average molecular weight is 428 g/mol. The summed E-state index contributed by atoms with van der Waals surface area (Å²) in [6, 6.07) is 9.96. The number of halogens is 2. The number of carboxylic acids is 1. The van der Waals surface area contributed by atoms with E-state index < -0.39 is 11.8 Å². The molecule has 2 aromatic carbocycles. The molecule has 0 bridgehead atoms. The summed E-state index contributed by atoms with van der Waals surface area (Å²) in [6.45, 7) is 0. The van der Waals surface area contributed by atoms with Crippen molar-refractivity contribution in [1.82, 2.24) is 20.3 Å². The van der Waals surface area contributed by atoms with Gasteiger partial charge in [0.25, 0.3) is 0 Å². The van der Waals surface area contributed by atoms with E-state index in [9.17, 15) is 14.3 Å².